The number of rotatable bonds is 2. The van der Waals surface area contributed by atoms with Crippen LogP contribution in [0.3, 0.4) is 0 Å². The van der Waals surface area contributed by atoms with E-state index in [0.717, 1.165) is 31.8 Å². The molecule has 0 saturated carbocycles. The summed E-state index contributed by atoms with van der Waals surface area (Å²) in [5.41, 5.74) is 1.76. The molecule has 32 heavy (non-hydrogen) atoms. The van der Waals surface area contributed by atoms with Crippen LogP contribution >= 0.6 is 15.9 Å². The highest BCUT2D eigenvalue weighted by Crippen LogP contribution is 2.46. The van der Waals surface area contributed by atoms with E-state index in [1.54, 1.807) is 7.05 Å². The van der Waals surface area contributed by atoms with Crippen molar-refractivity contribution in [3.8, 4) is 11.3 Å². The summed E-state index contributed by atoms with van der Waals surface area (Å²) in [7, 11) is 3.21. The number of halogens is 1. The quantitative estimate of drug-likeness (QED) is 0.415. The molecule has 0 amide bonds. The van der Waals surface area contributed by atoms with E-state index >= 15 is 0 Å². The fourth-order valence-electron chi connectivity index (χ4n) is 4.72. The summed E-state index contributed by atoms with van der Waals surface area (Å²) >= 11 is 3.67. The van der Waals surface area contributed by atoms with Crippen LogP contribution in [0.5, 0.6) is 0 Å². The van der Waals surface area contributed by atoms with Gasteiger partial charge in [-0.05, 0) is 39.0 Å². The van der Waals surface area contributed by atoms with Crippen LogP contribution in [0.15, 0.2) is 54.9 Å². The normalized spacial score (nSPS) is 17.6. The minimum absolute atomic E-state index is 0.332. The number of furan rings is 1. The minimum Gasteiger partial charge on any atom is -0.463 e. The van der Waals surface area contributed by atoms with Crippen molar-refractivity contribution < 1.29 is 9.15 Å². The van der Waals surface area contributed by atoms with Crippen molar-refractivity contribution in [1.29, 1.82) is 0 Å². The topological polar surface area (TPSA) is 71.3 Å². The van der Waals surface area contributed by atoms with E-state index in [4.69, 9.17) is 9.15 Å². The van der Waals surface area contributed by atoms with Crippen molar-refractivity contribution in [2.45, 2.75) is 32.4 Å². The van der Waals surface area contributed by atoms with Gasteiger partial charge < -0.3 is 13.7 Å². The zero-order valence-corrected chi connectivity index (χ0v) is 20.2. The van der Waals surface area contributed by atoms with Gasteiger partial charge in [0.25, 0.3) is 5.56 Å². The average Bonchev–Trinajstić information content (AvgIpc) is 3.34. The van der Waals surface area contributed by atoms with E-state index < -0.39 is 11.6 Å². The maximum Gasteiger partial charge on any atom is 0.331 e. The van der Waals surface area contributed by atoms with Gasteiger partial charge in [0, 0.05) is 24.1 Å². The Hall–Kier alpha value is -2.84. The van der Waals surface area contributed by atoms with Crippen molar-refractivity contribution in [2.24, 2.45) is 14.1 Å². The molecule has 8 heteroatoms. The first-order valence-corrected chi connectivity index (χ1v) is 11.2. The molecule has 1 aliphatic rings. The smallest absolute Gasteiger partial charge is 0.331 e. The molecule has 0 unspecified atom stereocenters. The zero-order valence-electron chi connectivity index (χ0n) is 18.6. The van der Waals surface area contributed by atoms with E-state index in [9.17, 15) is 9.59 Å². The fourth-order valence-corrected chi connectivity index (χ4v) is 5.19. The Bertz CT molecular complexity index is 1500. The molecule has 0 saturated heterocycles. The molecule has 5 rings (SSSR count). The van der Waals surface area contributed by atoms with E-state index in [-0.39, 0.29) is 11.2 Å². The lowest BCUT2D eigenvalue weighted by Gasteiger charge is -2.38. The first kappa shape index (κ1) is 21.0. The lowest BCUT2D eigenvalue weighted by Crippen LogP contribution is -2.40. The molecule has 7 nitrogen and oxygen atoms in total. The molecule has 3 aromatic heterocycles. The number of aromatic nitrogens is 3. The van der Waals surface area contributed by atoms with Crippen LogP contribution in [0.4, 0.5) is 0 Å². The number of ether oxygens (including phenoxy) is 1. The minimum atomic E-state index is -0.548. The monoisotopic (exact) mass is 497 g/mol. The molecule has 1 atom stereocenters. The first-order chi connectivity index (χ1) is 15.1. The summed E-state index contributed by atoms with van der Waals surface area (Å²) in [5.74, 6) is 1.41. The molecular formula is C24H24BrN3O4. The van der Waals surface area contributed by atoms with Crippen LogP contribution in [0, 0.1) is 6.92 Å². The SMILES string of the molecule is Cc1ccc([C@H]2OCC(C)(C)n3c(-c4ccccc4Br)c4c(=O)n(C)c(=O)n(C)c4c32)o1. The largest absolute Gasteiger partial charge is 0.463 e. The highest BCUT2D eigenvalue weighted by molar-refractivity contribution is 9.10. The molecule has 166 valence electrons. The van der Waals surface area contributed by atoms with Crippen molar-refractivity contribution in [3.05, 3.63) is 78.9 Å². The molecule has 4 heterocycles. The van der Waals surface area contributed by atoms with Gasteiger partial charge >= 0.3 is 5.69 Å². The van der Waals surface area contributed by atoms with Crippen LogP contribution in [-0.4, -0.2) is 20.3 Å². The molecule has 0 spiro atoms. The fraction of sp³-hybridized carbons (Fsp3) is 0.333. The van der Waals surface area contributed by atoms with Crippen LogP contribution in [-0.2, 0) is 24.4 Å². The molecule has 4 aromatic rings. The highest BCUT2D eigenvalue weighted by atomic mass is 79.9. The lowest BCUT2D eigenvalue weighted by molar-refractivity contribution is -0.0166. The number of aryl methyl sites for hydroxylation is 2. The van der Waals surface area contributed by atoms with Gasteiger partial charge in [-0.3, -0.25) is 13.9 Å². The van der Waals surface area contributed by atoms with Crippen LogP contribution in [0.1, 0.15) is 37.2 Å². The Balaban J connectivity index is 2.05. The molecule has 0 radical (unpaired) electrons. The van der Waals surface area contributed by atoms with Crippen LogP contribution in [0.2, 0.25) is 0 Å². The number of hydrogen-bond donors (Lipinski definition) is 0. The van der Waals surface area contributed by atoms with Gasteiger partial charge in [-0.2, -0.15) is 0 Å². The van der Waals surface area contributed by atoms with E-state index in [1.807, 2.05) is 43.3 Å². The molecular weight excluding hydrogens is 474 g/mol. The Labute approximate surface area is 193 Å². The van der Waals surface area contributed by atoms with Gasteiger partial charge in [0.2, 0.25) is 0 Å². The second kappa shape index (κ2) is 7.08. The van der Waals surface area contributed by atoms with Crippen LogP contribution in [0.25, 0.3) is 22.2 Å². The van der Waals surface area contributed by atoms with Crippen molar-refractivity contribution in [3.63, 3.8) is 0 Å². The number of hydrogen-bond acceptors (Lipinski definition) is 4. The zero-order chi connectivity index (χ0) is 22.9. The summed E-state index contributed by atoms with van der Waals surface area (Å²) < 4.78 is 18.0. The summed E-state index contributed by atoms with van der Waals surface area (Å²) in [4.78, 5) is 26.5. The van der Waals surface area contributed by atoms with Crippen molar-refractivity contribution in [2.75, 3.05) is 6.61 Å². The standard InChI is InChI=1S/C24H24BrN3O4/c1-13-10-11-16(32-13)21-20-19-17(22(29)27(5)23(30)26(19)4)18(14-8-6-7-9-15(14)25)28(20)24(2,3)12-31-21/h6-11,21H,12H2,1-5H3/t21-/m1/s1. The number of benzene rings is 1. The van der Waals surface area contributed by atoms with Crippen molar-refractivity contribution >= 4 is 26.8 Å². The van der Waals surface area contributed by atoms with Gasteiger partial charge in [0.15, 0.2) is 6.10 Å². The molecule has 0 fully saturated rings. The second-order valence-corrected chi connectivity index (χ2v) is 9.78. The number of nitrogens with zero attached hydrogens (tertiary/aromatic N) is 3. The van der Waals surface area contributed by atoms with Gasteiger partial charge in [0.1, 0.15) is 11.5 Å². The first-order valence-electron chi connectivity index (χ1n) is 10.4. The lowest BCUT2D eigenvalue weighted by atomic mass is 10.0. The van der Waals surface area contributed by atoms with Crippen molar-refractivity contribution in [1.82, 2.24) is 13.7 Å². The molecule has 1 aliphatic heterocycles. The van der Waals surface area contributed by atoms with Gasteiger partial charge in [-0.25, -0.2) is 4.79 Å². The Kier molecular flexibility index (Phi) is 4.65. The van der Waals surface area contributed by atoms with Crippen LogP contribution < -0.4 is 11.2 Å². The second-order valence-electron chi connectivity index (χ2n) is 8.93. The van der Waals surface area contributed by atoms with Gasteiger partial charge in [0.05, 0.1) is 34.4 Å². The van der Waals surface area contributed by atoms with E-state index in [1.165, 1.54) is 11.6 Å². The van der Waals surface area contributed by atoms with E-state index in [0.29, 0.717) is 23.3 Å². The average molecular weight is 498 g/mol. The molecule has 0 bridgehead atoms. The third-order valence-corrected chi connectivity index (χ3v) is 6.91. The predicted molar refractivity (Wildman–Crippen MR) is 126 cm³/mol. The Morgan fingerprint density at radius 1 is 1.06 bits per heavy atom. The molecule has 0 N–H and O–H groups in total. The molecule has 0 aliphatic carbocycles. The summed E-state index contributed by atoms with van der Waals surface area (Å²) in [6, 6.07) is 11.6. The summed E-state index contributed by atoms with van der Waals surface area (Å²) in [5, 5.41) is 0.489. The van der Waals surface area contributed by atoms with Gasteiger partial charge in [-0.15, -0.1) is 0 Å². The van der Waals surface area contributed by atoms with E-state index in [2.05, 4.69) is 34.3 Å². The predicted octanol–water partition coefficient (Wildman–Crippen LogP) is 4.22. The maximum atomic E-state index is 13.5. The highest BCUT2D eigenvalue weighted by Gasteiger charge is 2.41. The van der Waals surface area contributed by atoms with Gasteiger partial charge in [-0.1, -0.05) is 34.1 Å². The maximum absolute atomic E-state index is 13.5. The third-order valence-electron chi connectivity index (χ3n) is 6.21. The third kappa shape index (κ3) is 2.82. The Morgan fingerprint density at radius 2 is 1.78 bits per heavy atom. The molecule has 1 aromatic carbocycles. The Morgan fingerprint density at radius 3 is 2.44 bits per heavy atom. The summed E-state index contributed by atoms with van der Waals surface area (Å²) in [6.45, 7) is 6.44. The summed E-state index contributed by atoms with van der Waals surface area (Å²) in [6.07, 6.45) is -0.548. The number of fused-ring (bicyclic) bond motifs is 3.